The Morgan fingerprint density at radius 1 is 1.23 bits per heavy atom. The van der Waals surface area contributed by atoms with Crippen LogP contribution in [0.1, 0.15) is 16.7 Å². The van der Waals surface area contributed by atoms with E-state index in [9.17, 15) is 9.18 Å². The summed E-state index contributed by atoms with van der Waals surface area (Å²) in [6, 6.07) is 11.9. The Labute approximate surface area is 154 Å². The average molecular weight is 372 g/mol. The maximum absolute atomic E-state index is 13.1. The van der Waals surface area contributed by atoms with Gasteiger partial charge in [-0.1, -0.05) is 36.0 Å². The fraction of sp³-hybridized carbons (Fsp3) is 0.222. The normalized spacial score (nSPS) is 10.7. The van der Waals surface area contributed by atoms with Crippen molar-refractivity contribution in [2.45, 2.75) is 25.6 Å². The molecule has 0 N–H and O–H groups in total. The molecule has 0 aliphatic heterocycles. The number of aryl methyl sites for hydroxylation is 2. The first kappa shape index (κ1) is 18.1. The quantitative estimate of drug-likeness (QED) is 0.489. The van der Waals surface area contributed by atoms with E-state index in [2.05, 4.69) is 15.5 Å². The summed E-state index contributed by atoms with van der Waals surface area (Å²) in [7, 11) is 0. The van der Waals surface area contributed by atoms with Crippen molar-refractivity contribution in [2.75, 3.05) is 5.75 Å². The molecule has 26 heavy (non-hydrogen) atoms. The number of rotatable bonds is 6. The van der Waals surface area contributed by atoms with E-state index in [1.165, 1.54) is 23.9 Å². The largest absolute Gasteiger partial charge is 0.460 e. The van der Waals surface area contributed by atoms with Gasteiger partial charge in [-0.2, -0.15) is 4.68 Å². The van der Waals surface area contributed by atoms with Gasteiger partial charge in [0.25, 0.3) is 0 Å². The van der Waals surface area contributed by atoms with Crippen LogP contribution in [-0.2, 0) is 16.1 Å². The second-order valence-corrected chi connectivity index (χ2v) is 6.68. The minimum atomic E-state index is -0.422. The first-order valence-corrected chi connectivity index (χ1v) is 8.90. The molecule has 2 aromatic carbocycles. The van der Waals surface area contributed by atoms with Crippen LogP contribution in [0.25, 0.3) is 5.69 Å². The van der Waals surface area contributed by atoms with E-state index in [1.807, 2.05) is 32.0 Å². The van der Waals surface area contributed by atoms with Crippen molar-refractivity contribution in [1.82, 2.24) is 20.2 Å². The Balaban J connectivity index is 1.61. The highest BCUT2D eigenvalue weighted by Crippen LogP contribution is 2.21. The minimum absolute atomic E-state index is 0.0269. The summed E-state index contributed by atoms with van der Waals surface area (Å²) in [6.45, 7) is 3.99. The molecule has 8 heteroatoms. The molecule has 6 nitrogen and oxygen atoms in total. The van der Waals surface area contributed by atoms with Crippen molar-refractivity contribution in [3.05, 3.63) is 65.0 Å². The van der Waals surface area contributed by atoms with Crippen molar-refractivity contribution in [3.63, 3.8) is 0 Å². The van der Waals surface area contributed by atoms with Crippen molar-refractivity contribution in [2.24, 2.45) is 0 Å². The summed E-state index contributed by atoms with van der Waals surface area (Å²) in [5.41, 5.74) is 3.58. The van der Waals surface area contributed by atoms with Gasteiger partial charge in [-0.15, -0.1) is 5.10 Å². The molecule has 0 aliphatic carbocycles. The lowest BCUT2D eigenvalue weighted by molar-refractivity contribution is -0.141. The van der Waals surface area contributed by atoms with E-state index in [4.69, 9.17) is 4.74 Å². The third-order valence-electron chi connectivity index (χ3n) is 3.64. The summed E-state index contributed by atoms with van der Waals surface area (Å²) in [5.74, 6) is -0.726. The summed E-state index contributed by atoms with van der Waals surface area (Å²) >= 11 is 1.19. The number of carbonyl (C=O) groups is 1. The monoisotopic (exact) mass is 372 g/mol. The number of benzene rings is 2. The Morgan fingerprint density at radius 3 is 2.88 bits per heavy atom. The molecular formula is C18H17FN4O2S. The first-order chi connectivity index (χ1) is 12.5. The molecule has 0 unspecified atom stereocenters. The van der Waals surface area contributed by atoms with Gasteiger partial charge >= 0.3 is 5.97 Å². The van der Waals surface area contributed by atoms with Crippen LogP contribution in [0.3, 0.4) is 0 Å². The number of ether oxygens (including phenoxy) is 1. The molecule has 1 heterocycles. The molecule has 0 bridgehead atoms. The van der Waals surface area contributed by atoms with Gasteiger partial charge in [0.05, 0.1) is 11.4 Å². The minimum Gasteiger partial charge on any atom is -0.460 e. The second-order valence-electron chi connectivity index (χ2n) is 5.74. The van der Waals surface area contributed by atoms with Crippen LogP contribution in [0.15, 0.2) is 47.6 Å². The van der Waals surface area contributed by atoms with Crippen molar-refractivity contribution >= 4 is 17.7 Å². The van der Waals surface area contributed by atoms with Gasteiger partial charge < -0.3 is 4.74 Å². The molecule has 0 spiro atoms. The third-order valence-corrected chi connectivity index (χ3v) is 4.53. The number of aromatic nitrogens is 4. The van der Waals surface area contributed by atoms with E-state index >= 15 is 0 Å². The number of tetrazole rings is 1. The van der Waals surface area contributed by atoms with Gasteiger partial charge in [0.2, 0.25) is 5.16 Å². The van der Waals surface area contributed by atoms with Gasteiger partial charge in [0.15, 0.2) is 0 Å². The zero-order valence-corrected chi connectivity index (χ0v) is 15.2. The lowest BCUT2D eigenvalue weighted by Gasteiger charge is -2.08. The maximum atomic E-state index is 13.1. The molecule has 3 rings (SSSR count). The highest BCUT2D eigenvalue weighted by Gasteiger charge is 2.14. The Hall–Kier alpha value is -2.74. The van der Waals surface area contributed by atoms with Crippen LogP contribution in [0.2, 0.25) is 0 Å². The predicted molar refractivity (Wildman–Crippen MR) is 95.5 cm³/mol. The zero-order chi connectivity index (χ0) is 18.5. The number of hydrogen-bond donors (Lipinski definition) is 0. The summed E-state index contributed by atoms with van der Waals surface area (Å²) in [6.07, 6.45) is 0. The molecular weight excluding hydrogens is 355 g/mol. The molecule has 134 valence electrons. The number of thioether (sulfide) groups is 1. The van der Waals surface area contributed by atoms with Crippen LogP contribution >= 0.6 is 11.8 Å². The lowest BCUT2D eigenvalue weighted by atomic mass is 10.1. The van der Waals surface area contributed by atoms with Crippen LogP contribution in [0.5, 0.6) is 0 Å². The number of nitrogens with zero attached hydrogens (tertiary/aromatic N) is 4. The second kappa shape index (κ2) is 8.09. The van der Waals surface area contributed by atoms with E-state index in [0.29, 0.717) is 10.7 Å². The molecule has 0 atom stereocenters. The SMILES string of the molecule is Cc1ccc(C)c(-n2nnnc2SCC(=O)OCc2cccc(F)c2)c1. The molecule has 0 amide bonds. The molecule has 0 saturated carbocycles. The highest BCUT2D eigenvalue weighted by atomic mass is 32.2. The number of carbonyl (C=O) groups excluding carboxylic acids is 1. The topological polar surface area (TPSA) is 69.9 Å². The van der Waals surface area contributed by atoms with Crippen LogP contribution in [0.4, 0.5) is 4.39 Å². The fourth-order valence-corrected chi connectivity index (χ4v) is 3.01. The highest BCUT2D eigenvalue weighted by molar-refractivity contribution is 7.99. The van der Waals surface area contributed by atoms with Gasteiger partial charge in [0, 0.05) is 0 Å². The zero-order valence-electron chi connectivity index (χ0n) is 14.3. The van der Waals surface area contributed by atoms with Crippen LogP contribution in [0, 0.1) is 19.7 Å². The lowest BCUT2D eigenvalue weighted by Crippen LogP contribution is -2.09. The maximum Gasteiger partial charge on any atom is 0.316 e. The number of halogens is 1. The summed E-state index contributed by atoms with van der Waals surface area (Å²) in [4.78, 5) is 12.0. The van der Waals surface area contributed by atoms with E-state index in [1.54, 1.807) is 16.8 Å². The molecule has 1 aromatic heterocycles. The fourth-order valence-electron chi connectivity index (χ4n) is 2.32. The standard InChI is InChI=1S/C18H17FN4O2S/c1-12-6-7-13(2)16(8-12)23-18(20-21-22-23)26-11-17(24)25-10-14-4-3-5-15(19)9-14/h3-9H,10-11H2,1-2H3. The average Bonchev–Trinajstić information content (AvgIpc) is 3.08. The molecule has 0 saturated heterocycles. The van der Waals surface area contributed by atoms with E-state index < -0.39 is 5.97 Å². The van der Waals surface area contributed by atoms with Crippen molar-refractivity contribution in [1.29, 1.82) is 0 Å². The molecule has 3 aromatic rings. The molecule has 0 aliphatic rings. The van der Waals surface area contributed by atoms with Crippen molar-refractivity contribution < 1.29 is 13.9 Å². The summed E-state index contributed by atoms with van der Waals surface area (Å²) in [5, 5.41) is 12.2. The van der Waals surface area contributed by atoms with E-state index in [0.717, 1.165) is 16.8 Å². The number of hydrogen-bond acceptors (Lipinski definition) is 6. The van der Waals surface area contributed by atoms with Gasteiger partial charge in [-0.3, -0.25) is 4.79 Å². The third kappa shape index (κ3) is 4.45. The van der Waals surface area contributed by atoms with Crippen LogP contribution < -0.4 is 0 Å². The van der Waals surface area contributed by atoms with Gasteiger partial charge in [0.1, 0.15) is 12.4 Å². The van der Waals surface area contributed by atoms with Crippen molar-refractivity contribution in [3.8, 4) is 5.69 Å². The summed E-state index contributed by atoms with van der Waals surface area (Å²) < 4.78 is 19.9. The van der Waals surface area contributed by atoms with E-state index in [-0.39, 0.29) is 18.2 Å². The number of esters is 1. The molecule has 0 radical (unpaired) electrons. The van der Waals surface area contributed by atoms with Gasteiger partial charge in [-0.25, -0.2) is 4.39 Å². The predicted octanol–water partition coefficient (Wildman–Crippen LogP) is 3.25. The Bertz CT molecular complexity index is 929. The van der Waals surface area contributed by atoms with Crippen LogP contribution in [-0.4, -0.2) is 31.9 Å². The Morgan fingerprint density at radius 2 is 2.08 bits per heavy atom. The van der Waals surface area contributed by atoms with Gasteiger partial charge in [-0.05, 0) is 59.2 Å². The molecule has 0 fully saturated rings. The first-order valence-electron chi connectivity index (χ1n) is 7.92. The smallest absolute Gasteiger partial charge is 0.316 e. The Kier molecular flexibility index (Phi) is 5.62.